The number of hydrogen-bond donors (Lipinski definition) is 0. The van der Waals surface area contributed by atoms with Gasteiger partial charge in [0.2, 0.25) is 5.89 Å². The summed E-state index contributed by atoms with van der Waals surface area (Å²) in [6.45, 7) is 2.06. The molecule has 5 rings (SSSR count). The van der Waals surface area contributed by atoms with E-state index in [-0.39, 0.29) is 0 Å². The number of hydrogen-bond acceptors (Lipinski definition) is 7. The molecule has 0 unspecified atom stereocenters. The van der Waals surface area contributed by atoms with Crippen LogP contribution < -0.4 is 4.74 Å². The van der Waals surface area contributed by atoms with E-state index in [4.69, 9.17) is 9.15 Å². The van der Waals surface area contributed by atoms with Crippen molar-refractivity contribution >= 4 is 23.1 Å². The Morgan fingerprint density at radius 2 is 1.88 bits per heavy atom. The number of methoxy groups -OCH3 is 1. The largest absolute Gasteiger partial charge is 0.495 e. The van der Waals surface area contributed by atoms with Crippen molar-refractivity contribution in [2.24, 2.45) is 0 Å². The van der Waals surface area contributed by atoms with Crippen molar-refractivity contribution in [1.29, 1.82) is 0 Å². The molecule has 0 spiro atoms. The van der Waals surface area contributed by atoms with Gasteiger partial charge < -0.3 is 9.15 Å². The Labute approximate surface area is 193 Å². The Kier molecular flexibility index (Phi) is 5.79. The van der Waals surface area contributed by atoms with Crippen LogP contribution in [-0.4, -0.2) is 26.9 Å². The molecule has 0 amide bonds. The van der Waals surface area contributed by atoms with Crippen LogP contribution in [0.3, 0.4) is 0 Å². The molecule has 0 saturated heterocycles. The lowest BCUT2D eigenvalue weighted by Gasteiger charge is -2.13. The molecule has 0 saturated carbocycles. The van der Waals surface area contributed by atoms with Gasteiger partial charge >= 0.3 is 0 Å². The van der Waals surface area contributed by atoms with Crippen LogP contribution in [0.15, 0.2) is 81.9 Å². The highest BCUT2D eigenvalue weighted by atomic mass is 32.2. The molecule has 5 aromatic rings. The van der Waals surface area contributed by atoms with Gasteiger partial charge in [-0.15, -0.1) is 21.5 Å². The minimum Gasteiger partial charge on any atom is -0.495 e. The first-order chi connectivity index (χ1) is 15.7. The zero-order valence-electron chi connectivity index (χ0n) is 17.6. The van der Waals surface area contributed by atoms with Gasteiger partial charge in [0.15, 0.2) is 11.0 Å². The van der Waals surface area contributed by atoms with Crippen molar-refractivity contribution in [1.82, 2.24) is 19.7 Å². The Morgan fingerprint density at radius 1 is 1.03 bits per heavy atom. The smallest absolute Gasteiger partial charge is 0.226 e. The van der Waals surface area contributed by atoms with Crippen LogP contribution in [0.2, 0.25) is 0 Å². The number of ether oxygens (including phenoxy) is 1. The van der Waals surface area contributed by atoms with E-state index in [1.807, 2.05) is 58.5 Å². The van der Waals surface area contributed by atoms with Crippen molar-refractivity contribution in [3.8, 4) is 33.6 Å². The van der Waals surface area contributed by atoms with Crippen LogP contribution >= 0.6 is 23.1 Å². The lowest BCUT2D eigenvalue weighted by molar-refractivity contribution is 0.412. The molecule has 2 aromatic carbocycles. The zero-order valence-corrected chi connectivity index (χ0v) is 19.2. The van der Waals surface area contributed by atoms with Crippen LogP contribution in [0.25, 0.3) is 27.8 Å². The summed E-state index contributed by atoms with van der Waals surface area (Å²) in [5, 5.41) is 11.8. The molecule has 0 atom stereocenters. The molecule has 0 aliphatic rings. The molecular weight excluding hydrogens is 440 g/mol. The Bertz CT molecular complexity index is 1320. The highest BCUT2D eigenvalue weighted by molar-refractivity contribution is 7.98. The molecular formula is C24H20N4O2S2. The SMILES string of the molecule is COc1ccccc1-n1c(SCc2coc(-c3ccc(C)cc3)n2)nnc1-c1cccs1. The third-order valence-corrected chi connectivity index (χ3v) is 6.73. The summed E-state index contributed by atoms with van der Waals surface area (Å²) < 4.78 is 13.4. The van der Waals surface area contributed by atoms with Gasteiger partial charge in [-0.3, -0.25) is 4.57 Å². The van der Waals surface area contributed by atoms with Gasteiger partial charge in [-0.05, 0) is 42.6 Å². The highest BCUT2D eigenvalue weighted by Gasteiger charge is 2.20. The monoisotopic (exact) mass is 460 g/mol. The molecule has 0 radical (unpaired) electrons. The molecule has 0 aliphatic heterocycles. The Morgan fingerprint density at radius 3 is 2.66 bits per heavy atom. The summed E-state index contributed by atoms with van der Waals surface area (Å²) in [6, 6.07) is 20.1. The summed E-state index contributed by atoms with van der Waals surface area (Å²) >= 11 is 3.19. The second-order valence-corrected chi connectivity index (χ2v) is 8.98. The van der Waals surface area contributed by atoms with E-state index >= 15 is 0 Å². The number of thioether (sulfide) groups is 1. The topological polar surface area (TPSA) is 66.0 Å². The molecule has 0 bridgehead atoms. The van der Waals surface area contributed by atoms with Crippen molar-refractivity contribution in [2.75, 3.05) is 7.11 Å². The van der Waals surface area contributed by atoms with Gasteiger partial charge in [-0.25, -0.2) is 4.98 Å². The van der Waals surface area contributed by atoms with Crippen molar-refractivity contribution in [2.45, 2.75) is 17.8 Å². The first-order valence-corrected chi connectivity index (χ1v) is 11.9. The average Bonchev–Trinajstić information content (AvgIpc) is 3.58. The lowest BCUT2D eigenvalue weighted by Crippen LogP contribution is -2.01. The molecule has 160 valence electrons. The summed E-state index contributed by atoms with van der Waals surface area (Å²) in [5.74, 6) is 2.77. The predicted molar refractivity (Wildman–Crippen MR) is 127 cm³/mol. The highest BCUT2D eigenvalue weighted by Crippen LogP contribution is 2.35. The number of aryl methyl sites for hydroxylation is 1. The van der Waals surface area contributed by atoms with E-state index in [1.165, 1.54) is 5.56 Å². The third kappa shape index (κ3) is 4.06. The van der Waals surface area contributed by atoms with Crippen LogP contribution in [0.5, 0.6) is 5.75 Å². The molecule has 6 nitrogen and oxygen atoms in total. The maximum absolute atomic E-state index is 5.71. The molecule has 32 heavy (non-hydrogen) atoms. The molecule has 8 heteroatoms. The third-order valence-electron chi connectivity index (χ3n) is 4.90. The predicted octanol–water partition coefficient (Wildman–Crippen LogP) is 6.26. The van der Waals surface area contributed by atoms with Crippen LogP contribution in [-0.2, 0) is 5.75 Å². The second-order valence-electron chi connectivity index (χ2n) is 7.09. The second kappa shape index (κ2) is 9.02. The first-order valence-electron chi connectivity index (χ1n) is 10.00. The zero-order chi connectivity index (χ0) is 21.9. The maximum atomic E-state index is 5.71. The Hall–Kier alpha value is -3.36. The van der Waals surface area contributed by atoms with E-state index < -0.39 is 0 Å². The molecule has 0 N–H and O–H groups in total. The summed E-state index contributed by atoms with van der Waals surface area (Å²) in [7, 11) is 1.67. The number of rotatable bonds is 7. The number of aromatic nitrogens is 4. The van der Waals surface area contributed by atoms with Gasteiger partial charge in [0.25, 0.3) is 0 Å². The fourth-order valence-corrected chi connectivity index (χ4v) is 4.82. The summed E-state index contributed by atoms with van der Waals surface area (Å²) in [4.78, 5) is 5.69. The van der Waals surface area contributed by atoms with E-state index in [2.05, 4.69) is 34.2 Å². The van der Waals surface area contributed by atoms with Crippen molar-refractivity contribution < 1.29 is 9.15 Å². The van der Waals surface area contributed by atoms with Gasteiger partial charge in [0, 0.05) is 11.3 Å². The van der Waals surface area contributed by atoms with E-state index in [1.54, 1.807) is 36.5 Å². The Balaban J connectivity index is 1.45. The van der Waals surface area contributed by atoms with Crippen molar-refractivity contribution in [3.05, 3.63) is 83.6 Å². The van der Waals surface area contributed by atoms with Gasteiger partial charge in [-0.2, -0.15) is 0 Å². The lowest BCUT2D eigenvalue weighted by atomic mass is 10.1. The summed E-state index contributed by atoms with van der Waals surface area (Å²) in [6.07, 6.45) is 1.70. The first kappa shape index (κ1) is 20.5. The number of para-hydroxylation sites is 2. The van der Waals surface area contributed by atoms with Crippen LogP contribution in [0.1, 0.15) is 11.3 Å². The summed E-state index contributed by atoms with van der Waals surface area (Å²) in [5.41, 5.74) is 3.90. The van der Waals surface area contributed by atoms with Gasteiger partial charge in [-0.1, -0.05) is 47.7 Å². The molecule has 3 heterocycles. The van der Waals surface area contributed by atoms with E-state index in [9.17, 15) is 0 Å². The minimum atomic E-state index is 0.604. The standard InChI is InChI=1S/C24H20N4O2S2/c1-16-9-11-17(12-10-16)23-25-18(14-30-23)15-32-24-27-26-22(21-8-5-13-31-21)28(24)19-6-3-4-7-20(19)29-2/h3-14H,15H2,1-2H3. The van der Waals surface area contributed by atoms with Crippen molar-refractivity contribution in [3.63, 3.8) is 0 Å². The number of thiophene rings is 1. The van der Waals surface area contributed by atoms with E-state index in [0.29, 0.717) is 11.6 Å². The quantitative estimate of drug-likeness (QED) is 0.267. The minimum absolute atomic E-state index is 0.604. The van der Waals surface area contributed by atoms with Gasteiger partial charge in [0.05, 0.1) is 23.4 Å². The maximum Gasteiger partial charge on any atom is 0.226 e. The molecule has 0 aliphatic carbocycles. The number of benzene rings is 2. The normalized spacial score (nSPS) is 11.1. The van der Waals surface area contributed by atoms with E-state index in [0.717, 1.165) is 38.6 Å². The molecule has 3 aromatic heterocycles. The number of nitrogens with zero attached hydrogens (tertiary/aromatic N) is 4. The molecule has 0 fully saturated rings. The van der Waals surface area contributed by atoms with Gasteiger partial charge in [0.1, 0.15) is 12.0 Å². The average molecular weight is 461 g/mol. The fourth-order valence-electron chi connectivity index (χ4n) is 3.30. The van der Waals surface area contributed by atoms with Crippen LogP contribution in [0, 0.1) is 6.92 Å². The van der Waals surface area contributed by atoms with Crippen LogP contribution in [0.4, 0.5) is 0 Å². The number of oxazole rings is 1. The fraction of sp³-hybridized carbons (Fsp3) is 0.125.